The molecule has 0 aliphatic carbocycles. The van der Waals surface area contributed by atoms with Crippen molar-refractivity contribution in [2.45, 2.75) is 12.3 Å². The lowest BCUT2D eigenvalue weighted by molar-refractivity contribution is -0.135. The van der Waals surface area contributed by atoms with Crippen LogP contribution in [-0.4, -0.2) is 30.8 Å². The van der Waals surface area contributed by atoms with E-state index >= 15 is 0 Å². The monoisotopic (exact) mass is 441 g/mol. The highest BCUT2D eigenvalue weighted by Gasteiger charge is 2.35. The molecule has 4 heterocycles. The Morgan fingerprint density at radius 1 is 1.12 bits per heavy atom. The van der Waals surface area contributed by atoms with E-state index in [-0.39, 0.29) is 40.2 Å². The standard InChI is InChI=1S/C24H15N3O6/c28-13-4-2-12(3-5-13)16-11-32-23-20-14(15-10-26-27-7-1-6-25-24(15)27)8-19(30)33-18(20)9-17(29)21(23)22(16)31/h1-7,9-11,14,28-29H,8H2/t14-/m0/s1. The number of aromatic nitrogens is 3. The second kappa shape index (κ2) is 6.92. The summed E-state index contributed by atoms with van der Waals surface area (Å²) in [6.07, 6.45) is 6.29. The molecule has 5 aromatic rings. The maximum absolute atomic E-state index is 13.4. The van der Waals surface area contributed by atoms with Gasteiger partial charge in [-0.1, -0.05) is 12.1 Å². The Hall–Kier alpha value is -4.66. The zero-order valence-electron chi connectivity index (χ0n) is 16.9. The second-order valence-electron chi connectivity index (χ2n) is 7.76. The molecule has 0 saturated carbocycles. The van der Waals surface area contributed by atoms with E-state index in [4.69, 9.17) is 9.15 Å². The lowest BCUT2D eigenvalue weighted by Gasteiger charge is -2.25. The Morgan fingerprint density at radius 2 is 1.94 bits per heavy atom. The molecule has 9 heteroatoms. The minimum absolute atomic E-state index is 0.00573. The highest BCUT2D eigenvalue weighted by molar-refractivity contribution is 5.94. The van der Waals surface area contributed by atoms with Crippen LogP contribution >= 0.6 is 0 Å². The number of esters is 1. The van der Waals surface area contributed by atoms with Gasteiger partial charge in [0.1, 0.15) is 34.5 Å². The maximum Gasteiger partial charge on any atom is 0.312 e. The van der Waals surface area contributed by atoms with Crippen molar-refractivity contribution >= 4 is 22.6 Å². The van der Waals surface area contributed by atoms with Crippen LogP contribution in [0, 0.1) is 0 Å². The number of hydrogen-bond acceptors (Lipinski definition) is 8. The van der Waals surface area contributed by atoms with Gasteiger partial charge < -0.3 is 19.4 Å². The van der Waals surface area contributed by atoms with Gasteiger partial charge in [-0.15, -0.1) is 0 Å². The lowest BCUT2D eigenvalue weighted by Crippen LogP contribution is -2.22. The van der Waals surface area contributed by atoms with Gasteiger partial charge >= 0.3 is 5.97 Å². The molecule has 3 aromatic heterocycles. The number of phenolic OH excluding ortho intramolecular Hbond substituents is 2. The topological polar surface area (TPSA) is 127 Å². The third-order valence-electron chi connectivity index (χ3n) is 5.83. The molecule has 9 nitrogen and oxygen atoms in total. The van der Waals surface area contributed by atoms with Gasteiger partial charge in [0.15, 0.2) is 5.65 Å². The molecule has 6 rings (SSSR count). The Morgan fingerprint density at radius 3 is 2.76 bits per heavy atom. The minimum atomic E-state index is -0.542. The van der Waals surface area contributed by atoms with E-state index in [0.29, 0.717) is 22.3 Å². The van der Waals surface area contributed by atoms with Gasteiger partial charge in [-0.05, 0) is 23.8 Å². The molecule has 0 amide bonds. The average Bonchev–Trinajstić information content (AvgIpc) is 3.23. The lowest BCUT2D eigenvalue weighted by atomic mass is 9.86. The summed E-state index contributed by atoms with van der Waals surface area (Å²) in [5.74, 6) is -1.20. The van der Waals surface area contributed by atoms with E-state index in [2.05, 4.69) is 10.1 Å². The molecular weight excluding hydrogens is 426 g/mol. The summed E-state index contributed by atoms with van der Waals surface area (Å²) in [4.78, 5) is 30.1. The Kier molecular flexibility index (Phi) is 4.00. The van der Waals surface area contributed by atoms with Gasteiger partial charge in [-0.3, -0.25) is 9.59 Å². The van der Waals surface area contributed by atoms with E-state index in [1.807, 2.05) is 0 Å². The number of nitrogens with zero attached hydrogens (tertiary/aromatic N) is 3. The quantitative estimate of drug-likeness (QED) is 0.315. The molecule has 0 fully saturated rings. The number of fused-ring (bicyclic) bond motifs is 4. The van der Waals surface area contributed by atoms with Crippen LogP contribution in [0.5, 0.6) is 17.2 Å². The Balaban J connectivity index is 1.63. The van der Waals surface area contributed by atoms with Crippen molar-refractivity contribution in [1.82, 2.24) is 14.6 Å². The first-order valence-electron chi connectivity index (χ1n) is 10.1. The van der Waals surface area contributed by atoms with E-state index < -0.39 is 17.3 Å². The van der Waals surface area contributed by atoms with Crippen LogP contribution in [0.3, 0.4) is 0 Å². The number of ether oxygens (including phenoxy) is 1. The van der Waals surface area contributed by atoms with Crippen LogP contribution in [0.2, 0.25) is 0 Å². The van der Waals surface area contributed by atoms with Crippen LogP contribution in [0.1, 0.15) is 23.5 Å². The van der Waals surface area contributed by atoms with Crippen molar-refractivity contribution in [3.05, 3.63) is 82.6 Å². The van der Waals surface area contributed by atoms with Crippen LogP contribution in [0.4, 0.5) is 0 Å². The van der Waals surface area contributed by atoms with E-state index in [0.717, 1.165) is 0 Å². The molecule has 0 radical (unpaired) electrons. The first-order chi connectivity index (χ1) is 16.0. The largest absolute Gasteiger partial charge is 0.508 e. The zero-order chi connectivity index (χ0) is 22.7. The number of carbonyl (C=O) groups is 1. The van der Waals surface area contributed by atoms with Gasteiger partial charge in [-0.25, -0.2) is 9.50 Å². The number of rotatable bonds is 2. The SMILES string of the molecule is O=C1C[C@@H](c2cnn3cccnc23)c2c(cc(O)c3c(=O)c(-c4ccc(O)cc4)coc23)O1. The molecule has 0 unspecified atom stereocenters. The molecule has 0 bridgehead atoms. The van der Waals surface area contributed by atoms with Crippen LogP contribution in [0.15, 0.2) is 70.5 Å². The summed E-state index contributed by atoms with van der Waals surface area (Å²) < 4.78 is 12.9. The fourth-order valence-electron chi connectivity index (χ4n) is 4.33. The first-order valence-corrected chi connectivity index (χ1v) is 10.1. The molecule has 1 aliphatic heterocycles. The van der Waals surface area contributed by atoms with E-state index in [1.165, 1.54) is 24.5 Å². The van der Waals surface area contributed by atoms with Crippen LogP contribution < -0.4 is 10.2 Å². The van der Waals surface area contributed by atoms with Gasteiger partial charge in [0.25, 0.3) is 0 Å². The van der Waals surface area contributed by atoms with Gasteiger partial charge in [-0.2, -0.15) is 5.10 Å². The number of hydrogen-bond donors (Lipinski definition) is 2. The molecule has 0 saturated heterocycles. The van der Waals surface area contributed by atoms with E-state index in [1.54, 1.807) is 41.3 Å². The predicted octanol–water partition coefficient (Wildman–Crippen LogP) is 3.35. The van der Waals surface area contributed by atoms with Gasteiger partial charge in [0.05, 0.1) is 18.2 Å². The molecule has 2 N–H and O–H groups in total. The summed E-state index contributed by atoms with van der Waals surface area (Å²) in [6.45, 7) is 0. The summed E-state index contributed by atoms with van der Waals surface area (Å²) in [7, 11) is 0. The van der Waals surface area contributed by atoms with Gasteiger partial charge in [0, 0.05) is 35.5 Å². The minimum Gasteiger partial charge on any atom is -0.508 e. The molecule has 1 aliphatic rings. The number of benzene rings is 2. The Labute approximate surface area is 185 Å². The molecule has 1 atom stereocenters. The predicted molar refractivity (Wildman–Crippen MR) is 116 cm³/mol. The van der Waals surface area contributed by atoms with Crippen molar-refractivity contribution in [3.63, 3.8) is 0 Å². The number of carbonyl (C=O) groups excluding carboxylic acids is 1. The van der Waals surface area contributed by atoms with Crippen LogP contribution in [-0.2, 0) is 4.79 Å². The fourth-order valence-corrected chi connectivity index (χ4v) is 4.33. The molecular formula is C24H15N3O6. The number of aromatic hydroxyl groups is 2. The maximum atomic E-state index is 13.4. The van der Waals surface area contributed by atoms with Crippen molar-refractivity contribution in [2.24, 2.45) is 0 Å². The normalized spacial score (nSPS) is 15.5. The van der Waals surface area contributed by atoms with Crippen LogP contribution in [0.25, 0.3) is 27.7 Å². The summed E-state index contributed by atoms with van der Waals surface area (Å²) >= 11 is 0. The number of phenols is 2. The van der Waals surface area contributed by atoms with E-state index in [9.17, 15) is 19.8 Å². The second-order valence-corrected chi connectivity index (χ2v) is 7.76. The molecule has 33 heavy (non-hydrogen) atoms. The first kappa shape index (κ1) is 19.1. The highest BCUT2D eigenvalue weighted by Crippen LogP contribution is 2.46. The molecule has 162 valence electrons. The van der Waals surface area contributed by atoms with Gasteiger partial charge in [0.2, 0.25) is 5.43 Å². The smallest absolute Gasteiger partial charge is 0.312 e. The van der Waals surface area contributed by atoms with Crippen molar-refractivity contribution in [2.75, 3.05) is 0 Å². The third-order valence-corrected chi connectivity index (χ3v) is 5.83. The fraction of sp³-hybridized carbons (Fsp3) is 0.0833. The summed E-state index contributed by atoms with van der Waals surface area (Å²) in [5, 5.41) is 24.5. The Bertz CT molecular complexity index is 1630. The molecule has 2 aromatic carbocycles. The summed E-state index contributed by atoms with van der Waals surface area (Å²) in [5.41, 5.74) is 2.13. The van der Waals surface area contributed by atoms with Crippen molar-refractivity contribution in [3.8, 4) is 28.4 Å². The molecule has 0 spiro atoms. The summed E-state index contributed by atoms with van der Waals surface area (Å²) in [6, 6.07) is 9.08. The zero-order valence-corrected chi connectivity index (χ0v) is 16.9. The third kappa shape index (κ3) is 2.86. The highest BCUT2D eigenvalue weighted by atomic mass is 16.5. The van der Waals surface area contributed by atoms with Crippen molar-refractivity contribution < 1.29 is 24.2 Å². The van der Waals surface area contributed by atoms with Crippen molar-refractivity contribution in [1.29, 1.82) is 0 Å². The average molecular weight is 441 g/mol.